The molecule has 0 bridgehead atoms. The second-order valence-corrected chi connectivity index (χ2v) is 4.76. The third-order valence-electron chi connectivity index (χ3n) is 3.10. The Balaban J connectivity index is 2.53. The average molecular weight is 235 g/mol. The van der Waals surface area contributed by atoms with Gasteiger partial charge in [-0.2, -0.15) is 0 Å². The summed E-state index contributed by atoms with van der Waals surface area (Å²) in [5.74, 6) is 1.66. The lowest BCUT2D eigenvalue weighted by atomic mass is 10.1. The normalized spacial score (nSPS) is 14.1. The van der Waals surface area contributed by atoms with Gasteiger partial charge in [-0.15, -0.1) is 0 Å². The van der Waals surface area contributed by atoms with Gasteiger partial charge in [-0.3, -0.25) is 0 Å². The van der Waals surface area contributed by atoms with E-state index < -0.39 is 0 Å². The fourth-order valence-corrected chi connectivity index (χ4v) is 1.43. The molecule has 1 N–H and O–H groups in total. The molecule has 2 heteroatoms. The molecule has 0 aromatic heterocycles. The summed E-state index contributed by atoms with van der Waals surface area (Å²) in [5, 5.41) is 3.45. The van der Waals surface area contributed by atoms with Crippen LogP contribution in [0.5, 0.6) is 5.75 Å². The molecule has 17 heavy (non-hydrogen) atoms. The Morgan fingerprint density at radius 3 is 2.59 bits per heavy atom. The fraction of sp³-hybridized carbons (Fsp3) is 0.600. The van der Waals surface area contributed by atoms with Crippen molar-refractivity contribution in [3.63, 3.8) is 0 Å². The minimum Gasteiger partial charge on any atom is -0.491 e. The molecule has 0 spiro atoms. The van der Waals surface area contributed by atoms with E-state index >= 15 is 0 Å². The van der Waals surface area contributed by atoms with E-state index in [0.29, 0.717) is 5.92 Å². The molecule has 2 atom stereocenters. The van der Waals surface area contributed by atoms with E-state index in [2.05, 4.69) is 45.1 Å². The SMILES string of the molecule is CCC(C)CNc1cccc(OC(C)CC)c1. The highest BCUT2D eigenvalue weighted by molar-refractivity contribution is 5.48. The number of benzene rings is 1. The first kappa shape index (κ1) is 13.9. The maximum atomic E-state index is 5.80. The highest BCUT2D eigenvalue weighted by atomic mass is 16.5. The molecule has 0 amide bonds. The minimum absolute atomic E-state index is 0.278. The Labute approximate surface area is 105 Å². The molecule has 0 radical (unpaired) electrons. The summed E-state index contributed by atoms with van der Waals surface area (Å²) >= 11 is 0. The van der Waals surface area contributed by atoms with Crippen molar-refractivity contribution in [3.05, 3.63) is 24.3 Å². The van der Waals surface area contributed by atoms with Crippen molar-refractivity contribution in [2.45, 2.75) is 46.6 Å². The van der Waals surface area contributed by atoms with Crippen LogP contribution >= 0.6 is 0 Å². The van der Waals surface area contributed by atoms with E-state index in [9.17, 15) is 0 Å². The predicted molar refractivity (Wildman–Crippen MR) is 74.8 cm³/mol. The van der Waals surface area contributed by atoms with Gasteiger partial charge < -0.3 is 10.1 Å². The van der Waals surface area contributed by atoms with Gasteiger partial charge in [0.2, 0.25) is 0 Å². The van der Waals surface area contributed by atoms with Crippen LogP contribution in [-0.4, -0.2) is 12.6 Å². The summed E-state index contributed by atoms with van der Waals surface area (Å²) in [4.78, 5) is 0. The first-order valence-electron chi connectivity index (χ1n) is 6.66. The second-order valence-electron chi connectivity index (χ2n) is 4.76. The van der Waals surface area contributed by atoms with Crippen molar-refractivity contribution in [2.75, 3.05) is 11.9 Å². The third-order valence-corrected chi connectivity index (χ3v) is 3.10. The topological polar surface area (TPSA) is 21.3 Å². The average Bonchev–Trinajstić information content (AvgIpc) is 2.36. The van der Waals surface area contributed by atoms with Crippen LogP contribution in [0.15, 0.2) is 24.3 Å². The first-order chi connectivity index (χ1) is 8.15. The molecule has 0 heterocycles. The number of anilines is 1. The first-order valence-corrected chi connectivity index (χ1v) is 6.66. The van der Waals surface area contributed by atoms with E-state index in [1.165, 1.54) is 6.42 Å². The van der Waals surface area contributed by atoms with Crippen LogP contribution < -0.4 is 10.1 Å². The summed E-state index contributed by atoms with van der Waals surface area (Å²) in [6, 6.07) is 8.22. The van der Waals surface area contributed by atoms with Gasteiger partial charge >= 0.3 is 0 Å². The number of ether oxygens (including phenoxy) is 1. The zero-order chi connectivity index (χ0) is 12.7. The Morgan fingerprint density at radius 1 is 1.18 bits per heavy atom. The number of rotatable bonds is 7. The number of hydrogen-bond donors (Lipinski definition) is 1. The highest BCUT2D eigenvalue weighted by Gasteiger charge is 2.03. The summed E-state index contributed by atoms with van der Waals surface area (Å²) in [6.07, 6.45) is 2.51. The van der Waals surface area contributed by atoms with Gasteiger partial charge in [-0.05, 0) is 31.4 Å². The monoisotopic (exact) mass is 235 g/mol. The van der Waals surface area contributed by atoms with Gasteiger partial charge in [-0.1, -0.05) is 33.3 Å². The van der Waals surface area contributed by atoms with Crippen molar-refractivity contribution in [1.29, 1.82) is 0 Å². The lowest BCUT2D eigenvalue weighted by Crippen LogP contribution is -2.11. The van der Waals surface area contributed by atoms with Crippen LogP contribution in [-0.2, 0) is 0 Å². The van der Waals surface area contributed by atoms with Crippen LogP contribution in [0.4, 0.5) is 5.69 Å². The lowest BCUT2D eigenvalue weighted by molar-refractivity contribution is 0.217. The van der Waals surface area contributed by atoms with E-state index in [4.69, 9.17) is 4.74 Å². The highest BCUT2D eigenvalue weighted by Crippen LogP contribution is 2.19. The van der Waals surface area contributed by atoms with Gasteiger partial charge in [0.25, 0.3) is 0 Å². The molecular weight excluding hydrogens is 210 g/mol. The molecule has 1 aromatic rings. The molecule has 2 unspecified atom stereocenters. The quantitative estimate of drug-likeness (QED) is 0.760. The van der Waals surface area contributed by atoms with E-state index in [0.717, 1.165) is 24.4 Å². The summed E-state index contributed by atoms with van der Waals surface area (Å²) in [5.41, 5.74) is 1.14. The zero-order valence-corrected chi connectivity index (χ0v) is 11.5. The zero-order valence-electron chi connectivity index (χ0n) is 11.5. The second kappa shape index (κ2) is 7.21. The van der Waals surface area contributed by atoms with Gasteiger partial charge in [0.05, 0.1) is 6.10 Å². The molecule has 0 saturated carbocycles. The smallest absolute Gasteiger partial charge is 0.121 e. The summed E-state index contributed by atoms with van der Waals surface area (Å²) in [6.45, 7) is 9.72. The van der Waals surface area contributed by atoms with Gasteiger partial charge in [0.1, 0.15) is 5.75 Å². The molecule has 0 aliphatic heterocycles. The maximum absolute atomic E-state index is 5.80. The Bertz CT molecular complexity index is 324. The summed E-state index contributed by atoms with van der Waals surface area (Å²) in [7, 11) is 0. The van der Waals surface area contributed by atoms with E-state index in [1.807, 2.05) is 12.1 Å². The van der Waals surface area contributed by atoms with Crippen LogP contribution in [0, 0.1) is 5.92 Å². The molecule has 0 saturated heterocycles. The van der Waals surface area contributed by atoms with Crippen molar-refractivity contribution in [3.8, 4) is 5.75 Å². The van der Waals surface area contributed by atoms with Crippen molar-refractivity contribution < 1.29 is 4.74 Å². The molecule has 0 aliphatic carbocycles. The van der Waals surface area contributed by atoms with Gasteiger partial charge in [-0.25, -0.2) is 0 Å². The number of hydrogen-bond acceptors (Lipinski definition) is 2. The minimum atomic E-state index is 0.278. The van der Waals surface area contributed by atoms with Crippen molar-refractivity contribution >= 4 is 5.69 Å². The van der Waals surface area contributed by atoms with E-state index in [-0.39, 0.29) is 6.10 Å². The molecule has 2 nitrogen and oxygen atoms in total. The number of nitrogens with one attached hydrogen (secondary N) is 1. The molecular formula is C15H25NO. The van der Waals surface area contributed by atoms with Crippen molar-refractivity contribution in [1.82, 2.24) is 0 Å². The Hall–Kier alpha value is -1.18. The lowest BCUT2D eigenvalue weighted by Gasteiger charge is -2.15. The Morgan fingerprint density at radius 2 is 1.94 bits per heavy atom. The molecule has 1 rings (SSSR count). The predicted octanol–water partition coefficient (Wildman–Crippen LogP) is 4.32. The molecule has 96 valence electrons. The fourth-order valence-electron chi connectivity index (χ4n) is 1.43. The molecule has 0 fully saturated rings. The largest absolute Gasteiger partial charge is 0.491 e. The Kier molecular flexibility index (Phi) is 5.88. The van der Waals surface area contributed by atoms with Gasteiger partial charge in [0.15, 0.2) is 0 Å². The van der Waals surface area contributed by atoms with E-state index in [1.54, 1.807) is 0 Å². The third kappa shape index (κ3) is 5.12. The maximum Gasteiger partial charge on any atom is 0.121 e. The van der Waals surface area contributed by atoms with Crippen LogP contribution in [0.2, 0.25) is 0 Å². The molecule has 0 aliphatic rings. The standard InChI is InChI=1S/C15H25NO/c1-5-12(3)11-16-14-8-7-9-15(10-14)17-13(4)6-2/h7-10,12-13,16H,5-6,11H2,1-4H3. The molecule has 1 aromatic carbocycles. The van der Waals surface area contributed by atoms with Gasteiger partial charge in [0, 0.05) is 18.3 Å². The van der Waals surface area contributed by atoms with Crippen LogP contribution in [0.25, 0.3) is 0 Å². The van der Waals surface area contributed by atoms with Crippen LogP contribution in [0.3, 0.4) is 0 Å². The van der Waals surface area contributed by atoms with Crippen LogP contribution in [0.1, 0.15) is 40.5 Å². The van der Waals surface area contributed by atoms with Crippen molar-refractivity contribution in [2.24, 2.45) is 5.92 Å². The summed E-state index contributed by atoms with van der Waals surface area (Å²) < 4.78 is 5.80.